The second-order valence-electron chi connectivity index (χ2n) is 16.7. The molecule has 236 valence electrons. The van der Waals surface area contributed by atoms with Crippen molar-refractivity contribution < 1.29 is 42.7 Å². The van der Waals surface area contributed by atoms with Gasteiger partial charge in [0.2, 0.25) is 0 Å². The van der Waals surface area contributed by atoms with Crippen LogP contribution in [0.5, 0.6) is 0 Å². The van der Waals surface area contributed by atoms with Crippen molar-refractivity contribution in [3.05, 3.63) is 11.6 Å². The Kier molecular flexibility index (Phi) is 7.93. The van der Waals surface area contributed by atoms with E-state index >= 15 is 0 Å². The molecule has 5 rings (SSSR count). The average molecular weight is 591 g/mol. The van der Waals surface area contributed by atoms with Crippen LogP contribution in [0.1, 0.15) is 65.2 Å². The first kappa shape index (κ1) is 31.5. The largest absolute Gasteiger partial charge is 0.458 e. The van der Waals surface area contributed by atoms with Crippen LogP contribution in [-0.2, 0) is 28.6 Å². The molecular formula is C33H54N2O7+2. The average Bonchev–Trinajstić information content (AvgIpc) is 3.34. The van der Waals surface area contributed by atoms with E-state index in [1.165, 1.54) is 0 Å². The highest BCUT2D eigenvalue weighted by Gasteiger charge is 2.71. The zero-order valence-electron chi connectivity index (χ0n) is 27.1. The third kappa shape index (κ3) is 5.65. The number of nitrogens with zero attached hydrogens (tertiary/aromatic N) is 2. The van der Waals surface area contributed by atoms with Crippen molar-refractivity contribution in [1.82, 2.24) is 0 Å². The first-order chi connectivity index (χ1) is 19.3. The number of fused-ring (bicyclic) bond motifs is 5. The topological polar surface area (TPSA) is 99.1 Å². The van der Waals surface area contributed by atoms with Crippen LogP contribution in [0.2, 0.25) is 0 Å². The van der Waals surface area contributed by atoms with Crippen molar-refractivity contribution >= 4 is 17.9 Å². The van der Waals surface area contributed by atoms with Gasteiger partial charge < -0.3 is 28.3 Å². The van der Waals surface area contributed by atoms with Crippen LogP contribution >= 0.6 is 0 Å². The third-order valence-corrected chi connectivity index (χ3v) is 11.7. The fraction of sp³-hybridized carbons (Fsp3) is 0.848. The second kappa shape index (κ2) is 10.6. The highest BCUT2D eigenvalue weighted by atomic mass is 16.6. The Morgan fingerprint density at radius 3 is 2.17 bits per heavy atom. The molecule has 0 amide bonds. The lowest BCUT2D eigenvalue weighted by Crippen LogP contribution is -2.62. The van der Waals surface area contributed by atoms with Crippen molar-refractivity contribution in [3.8, 4) is 0 Å². The second-order valence-corrected chi connectivity index (χ2v) is 16.7. The lowest BCUT2D eigenvalue weighted by molar-refractivity contribution is -0.862. The van der Waals surface area contributed by atoms with Gasteiger partial charge in [0.15, 0.2) is 13.1 Å². The van der Waals surface area contributed by atoms with Gasteiger partial charge in [0.05, 0.1) is 47.9 Å². The molecule has 0 saturated heterocycles. The summed E-state index contributed by atoms with van der Waals surface area (Å²) in [5.74, 6) is -0.152. The van der Waals surface area contributed by atoms with Crippen LogP contribution in [0.15, 0.2) is 11.6 Å². The van der Waals surface area contributed by atoms with E-state index in [0.717, 1.165) is 50.5 Å². The standard InChI is InChI=1S/C33H54N2O7/c1-31-13-11-23(41-28(37)18-34(3,4)5)16-22(31)9-10-25-24(31)12-14-32(2)30(21-15-27(36)40-20-21)26(17-33(25,32)39)42-29(38)19-35(6,7)8/h15,22-26,30,39H,9-14,16-20H2,1-8H3/q+2/t22-,23+,24-,25-,26+,30+,31+,32+,33-/m0/s1. The molecule has 0 aromatic heterocycles. The molecule has 0 aromatic rings. The van der Waals surface area contributed by atoms with Crippen molar-refractivity contribution in [2.75, 3.05) is 62.0 Å². The Bertz CT molecular complexity index is 1140. The number of aliphatic hydroxyl groups is 1. The Labute approximate surface area is 251 Å². The first-order valence-corrected chi connectivity index (χ1v) is 15.9. The molecule has 9 heteroatoms. The minimum Gasteiger partial charge on any atom is -0.458 e. The summed E-state index contributed by atoms with van der Waals surface area (Å²) in [6.07, 6.45) is 7.81. The molecule has 1 aliphatic heterocycles. The Morgan fingerprint density at radius 2 is 1.57 bits per heavy atom. The molecule has 0 bridgehead atoms. The molecular weight excluding hydrogens is 536 g/mol. The van der Waals surface area contributed by atoms with Gasteiger partial charge in [-0.1, -0.05) is 13.8 Å². The van der Waals surface area contributed by atoms with Crippen LogP contribution < -0.4 is 0 Å². The minimum absolute atomic E-state index is 0.0386. The van der Waals surface area contributed by atoms with Crippen LogP contribution in [0.25, 0.3) is 0 Å². The summed E-state index contributed by atoms with van der Waals surface area (Å²) in [7, 11) is 11.9. The fourth-order valence-electron chi connectivity index (χ4n) is 9.84. The predicted octanol–water partition coefficient (Wildman–Crippen LogP) is 3.09. The number of rotatable bonds is 7. The number of carbonyl (C=O) groups excluding carboxylic acids is 3. The van der Waals surface area contributed by atoms with Gasteiger partial charge in [-0.05, 0) is 73.7 Å². The quantitative estimate of drug-likeness (QED) is 0.276. The summed E-state index contributed by atoms with van der Waals surface area (Å²) < 4.78 is 18.5. The summed E-state index contributed by atoms with van der Waals surface area (Å²) in [5, 5.41) is 12.8. The van der Waals surface area contributed by atoms with E-state index in [4.69, 9.17) is 14.2 Å². The molecule has 1 N–H and O–H groups in total. The molecule has 0 radical (unpaired) electrons. The molecule has 1 heterocycles. The Balaban J connectivity index is 1.37. The molecule has 0 aromatic carbocycles. The van der Waals surface area contributed by atoms with Crippen molar-refractivity contribution in [3.63, 3.8) is 0 Å². The molecule has 0 unspecified atom stereocenters. The zero-order valence-corrected chi connectivity index (χ0v) is 27.1. The maximum absolute atomic E-state index is 13.1. The SMILES string of the molecule is C[C@@]12CC[C@@H](OC(=O)C[N+](C)(C)C)C[C@@H]1CC[C@H]1[C@@H]2CC[C@]2(C)[C@H](C3=CC(=O)OC3)[C@H](OC(=O)C[N+](C)(C)C)C[C@]12O. The van der Waals surface area contributed by atoms with Gasteiger partial charge in [0.1, 0.15) is 18.8 Å². The summed E-state index contributed by atoms with van der Waals surface area (Å²) in [4.78, 5) is 37.8. The monoisotopic (exact) mass is 590 g/mol. The lowest BCUT2D eigenvalue weighted by atomic mass is 9.43. The molecule has 5 aliphatic rings. The lowest BCUT2D eigenvalue weighted by Gasteiger charge is -2.63. The number of ether oxygens (including phenoxy) is 3. The van der Waals surface area contributed by atoms with E-state index in [0.29, 0.717) is 33.8 Å². The molecule has 4 saturated carbocycles. The van der Waals surface area contributed by atoms with Gasteiger partial charge in [-0.3, -0.25) is 0 Å². The number of carbonyl (C=O) groups is 3. The summed E-state index contributed by atoms with van der Waals surface area (Å²) >= 11 is 0. The van der Waals surface area contributed by atoms with Crippen LogP contribution in [0.3, 0.4) is 0 Å². The number of quaternary nitrogens is 2. The maximum Gasteiger partial charge on any atom is 0.362 e. The van der Waals surface area contributed by atoms with Gasteiger partial charge in [-0.25, -0.2) is 14.4 Å². The smallest absolute Gasteiger partial charge is 0.362 e. The summed E-state index contributed by atoms with van der Waals surface area (Å²) in [5.41, 5.74) is -0.647. The number of cyclic esters (lactones) is 1. The van der Waals surface area contributed by atoms with Crippen molar-refractivity contribution in [1.29, 1.82) is 0 Å². The van der Waals surface area contributed by atoms with E-state index in [1.807, 2.05) is 42.3 Å². The van der Waals surface area contributed by atoms with Gasteiger partial charge in [0.25, 0.3) is 0 Å². The van der Waals surface area contributed by atoms with Gasteiger partial charge >= 0.3 is 17.9 Å². The van der Waals surface area contributed by atoms with Crippen molar-refractivity contribution in [2.45, 2.75) is 83.0 Å². The molecule has 9 nitrogen and oxygen atoms in total. The van der Waals surface area contributed by atoms with E-state index in [1.54, 1.807) is 6.08 Å². The predicted molar refractivity (Wildman–Crippen MR) is 157 cm³/mol. The molecule has 4 fully saturated rings. The highest BCUT2D eigenvalue weighted by Crippen LogP contribution is 2.70. The van der Waals surface area contributed by atoms with E-state index in [9.17, 15) is 19.5 Å². The maximum atomic E-state index is 13.1. The van der Waals surface area contributed by atoms with Crippen LogP contribution in [0.4, 0.5) is 0 Å². The van der Waals surface area contributed by atoms with Crippen molar-refractivity contribution in [2.24, 2.45) is 34.5 Å². The van der Waals surface area contributed by atoms with Gasteiger partial charge in [0, 0.05) is 23.8 Å². The number of likely N-dealkylation sites (N-methyl/N-ethyl adjacent to an activating group) is 2. The van der Waals surface area contributed by atoms with Gasteiger partial charge in [-0.2, -0.15) is 0 Å². The Hall–Kier alpha value is -1.97. The third-order valence-electron chi connectivity index (χ3n) is 11.7. The minimum atomic E-state index is -1.02. The van der Waals surface area contributed by atoms with E-state index in [-0.39, 0.29) is 54.4 Å². The van der Waals surface area contributed by atoms with E-state index in [2.05, 4.69) is 13.8 Å². The highest BCUT2D eigenvalue weighted by molar-refractivity contribution is 5.85. The summed E-state index contributed by atoms with van der Waals surface area (Å²) in [6, 6.07) is 0. The normalized spacial score (nSPS) is 41.6. The number of hydrogen-bond donors (Lipinski definition) is 1. The molecule has 0 spiro atoms. The molecule has 4 aliphatic carbocycles. The van der Waals surface area contributed by atoms with Crippen LogP contribution in [0, 0.1) is 34.5 Å². The molecule has 9 atom stereocenters. The number of hydrogen-bond acceptors (Lipinski definition) is 7. The summed E-state index contributed by atoms with van der Waals surface area (Å²) in [6.45, 7) is 5.36. The van der Waals surface area contributed by atoms with Crippen LogP contribution in [-0.4, -0.2) is 112 Å². The fourth-order valence-corrected chi connectivity index (χ4v) is 9.84. The molecule has 42 heavy (non-hydrogen) atoms. The zero-order chi connectivity index (χ0) is 30.9. The van der Waals surface area contributed by atoms with Gasteiger partial charge in [-0.15, -0.1) is 0 Å². The Morgan fingerprint density at radius 1 is 0.929 bits per heavy atom. The van der Waals surface area contributed by atoms with E-state index < -0.39 is 17.1 Å². The number of esters is 3. The first-order valence-electron chi connectivity index (χ1n) is 15.9.